The number of para-hydroxylation sites is 1. The summed E-state index contributed by atoms with van der Waals surface area (Å²) >= 11 is 0. The smallest absolute Gasteiger partial charge is 0.255 e. The van der Waals surface area contributed by atoms with Crippen LogP contribution in [0.1, 0.15) is 5.56 Å². The molecule has 0 atom stereocenters. The minimum absolute atomic E-state index is 0.0623. The predicted octanol–water partition coefficient (Wildman–Crippen LogP) is 3.26. The van der Waals surface area contributed by atoms with Crippen molar-refractivity contribution >= 4 is 22.1 Å². The van der Waals surface area contributed by atoms with Gasteiger partial charge in [0.1, 0.15) is 17.2 Å². The maximum absolute atomic E-state index is 12.6. The van der Waals surface area contributed by atoms with Crippen molar-refractivity contribution in [2.45, 2.75) is 4.90 Å². The molecule has 0 saturated carbocycles. The highest BCUT2D eigenvalue weighted by Crippen LogP contribution is 2.21. The van der Waals surface area contributed by atoms with E-state index in [4.69, 9.17) is 9.47 Å². The van der Waals surface area contributed by atoms with Gasteiger partial charge < -0.3 is 9.47 Å². The Bertz CT molecular complexity index is 1180. The first-order chi connectivity index (χ1) is 15.4. The number of nitrogens with zero attached hydrogens (tertiary/aromatic N) is 2. The molecule has 0 bridgehead atoms. The summed E-state index contributed by atoms with van der Waals surface area (Å²) in [7, 11) is -1.00. The van der Waals surface area contributed by atoms with Gasteiger partial charge in [-0.05, 0) is 54.1 Å². The maximum Gasteiger partial charge on any atom is 0.255 e. The second kappa shape index (κ2) is 10.6. The van der Waals surface area contributed by atoms with E-state index in [9.17, 15) is 13.2 Å². The summed E-state index contributed by atoms with van der Waals surface area (Å²) in [5, 5.41) is 3.90. The Morgan fingerprint density at radius 2 is 1.66 bits per heavy atom. The van der Waals surface area contributed by atoms with E-state index < -0.39 is 15.9 Å². The lowest BCUT2D eigenvalue weighted by Gasteiger charge is -2.16. The van der Waals surface area contributed by atoms with E-state index in [1.165, 1.54) is 32.5 Å². The molecule has 1 amide bonds. The van der Waals surface area contributed by atoms with E-state index in [0.717, 1.165) is 4.31 Å². The minimum Gasteiger partial charge on any atom is -0.497 e. The lowest BCUT2D eigenvalue weighted by atomic mass is 10.2. The van der Waals surface area contributed by atoms with Gasteiger partial charge in [0.15, 0.2) is 0 Å². The van der Waals surface area contributed by atoms with Crippen molar-refractivity contribution in [3.63, 3.8) is 0 Å². The highest BCUT2D eigenvalue weighted by Gasteiger charge is 2.22. The molecule has 3 aromatic rings. The van der Waals surface area contributed by atoms with Crippen LogP contribution in [-0.2, 0) is 14.8 Å². The molecule has 0 heterocycles. The fourth-order valence-electron chi connectivity index (χ4n) is 2.71. The molecule has 0 aliphatic carbocycles. The lowest BCUT2D eigenvalue weighted by molar-refractivity contribution is -0.121. The van der Waals surface area contributed by atoms with Crippen LogP contribution in [0.3, 0.4) is 0 Å². The van der Waals surface area contributed by atoms with E-state index in [0.29, 0.717) is 22.8 Å². The normalized spacial score (nSPS) is 11.5. The molecule has 9 heteroatoms. The molecule has 0 spiro atoms. The van der Waals surface area contributed by atoms with Crippen molar-refractivity contribution < 1.29 is 22.7 Å². The van der Waals surface area contributed by atoms with Gasteiger partial charge in [0.2, 0.25) is 10.0 Å². The molecular formula is C23H23N3O5S. The highest BCUT2D eigenvalue weighted by atomic mass is 32.2. The zero-order chi connectivity index (χ0) is 23.0. The zero-order valence-electron chi connectivity index (χ0n) is 17.6. The first kappa shape index (κ1) is 23.0. The van der Waals surface area contributed by atoms with Crippen molar-refractivity contribution in [2.24, 2.45) is 5.10 Å². The number of sulfonamides is 1. The number of hydrazone groups is 1. The standard InChI is InChI=1S/C23H23N3O5S/c1-26(32(28,29)22-13-11-19(30-2)12-14-22)17-23(27)25-24-16-18-7-6-10-21(15-18)31-20-8-4-3-5-9-20/h3-16H,17H2,1-2H3,(H,25,27)/b24-16-. The quantitative estimate of drug-likeness (QED) is 0.396. The van der Waals surface area contributed by atoms with Gasteiger partial charge in [-0.2, -0.15) is 9.41 Å². The van der Waals surface area contributed by atoms with Crippen LogP contribution in [0.5, 0.6) is 17.2 Å². The van der Waals surface area contributed by atoms with Gasteiger partial charge in [0.25, 0.3) is 5.91 Å². The molecule has 1 N–H and O–H groups in total. The van der Waals surface area contributed by atoms with E-state index in [1.807, 2.05) is 36.4 Å². The van der Waals surface area contributed by atoms with Gasteiger partial charge in [0.05, 0.1) is 24.8 Å². The Labute approximate surface area is 187 Å². The third kappa shape index (κ3) is 6.16. The summed E-state index contributed by atoms with van der Waals surface area (Å²) in [6.07, 6.45) is 1.45. The van der Waals surface area contributed by atoms with E-state index in [1.54, 1.807) is 30.3 Å². The molecule has 32 heavy (non-hydrogen) atoms. The van der Waals surface area contributed by atoms with Crippen LogP contribution in [0, 0.1) is 0 Å². The monoisotopic (exact) mass is 453 g/mol. The number of amides is 1. The molecule has 0 aromatic heterocycles. The molecule has 0 saturated heterocycles. The largest absolute Gasteiger partial charge is 0.497 e. The Balaban J connectivity index is 1.56. The lowest BCUT2D eigenvalue weighted by Crippen LogP contribution is -2.36. The summed E-state index contributed by atoms with van der Waals surface area (Å²) in [4.78, 5) is 12.2. The Morgan fingerprint density at radius 3 is 2.34 bits per heavy atom. The number of likely N-dealkylation sites (N-methyl/N-ethyl adjacent to an activating group) is 1. The molecule has 0 fully saturated rings. The van der Waals surface area contributed by atoms with Gasteiger partial charge in [0, 0.05) is 7.05 Å². The van der Waals surface area contributed by atoms with Crippen molar-refractivity contribution in [2.75, 3.05) is 20.7 Å². The number of benzene rings is 3. The van der Waals surface area contributed by atoms with Gasteiger partial charge in [-0.1, -0.05) is 30.3 Å². The third-order valence-electron chi connectivity index (χ3n) is 4.37. The summed E-state index contributed by atoms with van der Waals surface area (Å²) in [5.74, 6) is 1.29. The fourth-order valence-corrected chi connectivity index (χ4v) is 3.84. The molecule has 166 valence electrons. The average molecular weight is 454 g/mol. The number of carbonyl (C=O) groups is 1. The van der Waals surface area contributed by atoms with E-state index in [-0.39, 0.29) is 11.4 Å². The van der Waals surface area contributed by atoms with Crippen LogP contribution < -0.4 is 14.9 Å². The summed E-state index contributed by atoms with van der Waals surface area (Å²) in [6, 6.07) is 22.4. The minimum atomic E-state index is -3.82. The van der Waals surface area contributed by atoms with Crippen LogP contribution in [0.2, 0.25) is 0 Å². The molecule has 3 aromatic carbocycles. The van der Waals surface area contributed by atoms with E-state index in [2.05, 4.69) is 10.5 Å². The summed E-state index contributed by atoms with van der Waals surface area (Å²) in [5.41, 5.74) is 3.04. The van der Waals surface area contributed by atoms with Crippen LogP contribution in [0.4, 0.5) is 0 Å². The van der Waals surface area contributed by atoms with Crippen LogP contribution in [0.25, 0.3) is 0 Å². The number of carbonyl (C=O) groups excluding carboxylic acids is 1. The van der Waals surface area contributed by atoms with E-state index >= 15 is 0 Å². The number of methoxy groups -OCH3 is 1. The molecule has 0 radical (unpaired) electrons. The molecule has 0 aliphatic rings. The number of hydrogen-bond donors (Lipinski definition) is 1. The van der Waals surface area contributed by atoms with Crippen LogP contribution in [-0.4, -0.2) is 45.5 Å². The van der Waals surface area contributed by atoms with Crippen LogP contribution in [0.15, 0.2) is 88.9 Å². The van der Waals surface area contributed by atoms with Gasteiger partial charge in [-0.25, -0.2) is 13.8 Å². The fraction of sp³-hybridized carbons (Fsp3) is 0.130. The highest BCUT2D eigenvalue weighted by molar-refractivity contribution is 7.89. The van der Waals surface area contributed by atoms with Gasteiger partial charge >= 0.3 is 0 Å². The topological polar surface area (TPSA) is 97.3 Å². The van der Waals surface area contributed by atoms with Crippen molar-refractivity contribution in [1.29, 1.82) is 0 Å². The number of ether oxygens (including phenoxy) is 2. The SMILES string of the molecule is COc1ccc(S(=O)(=O)N(C)CC(=O)N/N=C\c2cccc(Oc3ccccc3)c2)cc1. The Kier molecular flexibility index (Phi) is 7.58. The molecular weight excluding hydrogens is 430 g/mol. The number of hydrogen-bond acceptors (Lipinski definition) is 6. The third-order valence-corrected chi connectivity index (χ3v) is 6.19. The van der Waals surface area contributed by atoms with Crippen molar-refractivity contribution in [1.82, 2.24) is 9.73 Å². The Morgan fingerprint density at radius 1 is 0.969 bits per heavy atom. The summed E-state index contributed by atoms with van der Waals surface area (Å²) < 4.78 is 36.9. The van der Waals surface area contributed by atoms with Crippen molar-refractivity contribution in [3.05, 3.63) is 84.4 Å². The number of rotatable bonds is 9. The molecule has 3 rings (SSSR count). The molecule has 8 nitrogen and oxygen atoms in total. The van der Waals surface area contributed by atoms with Gasteiger partial charge in [-0.3, -0.25) is 4.79 Å². The molecule has 0 aliphatic heterocycles. The Hall–Kier alpha value is -3.69. The number of nitrogens with one attached hydrogen (secondary N) is 1. The summed E-state index contributed by atoms with van der Waals surface area (Å²) in [6.45, 7) is -0.386. The zero-order valence-corrected chi connectivity index (χ0v) is 18.5. The molecule has 0 unspecified atom stereocenters. The predicted molar refractivity (Wildman–Crippen MR) is 122 cm³/mol. The average Bonchev–Trinajstić information content (AvgIpc) is 2.80. The second-order valence-corrected chi connectivity index (χ2v) is 8.76. The van der Waals surface area contributed by atoms with Crippen molar-refractivity contribution in [3.8, 4) is 17.2 Å². The first-order valence-corrected chi connectivity index (χ1v) is 11.1. The van der Waals surface area contributed by atoms with Gasteiger partial charge in [-0.15, -0.1) is 0 Å². The maximum atomic E-state index is 12.6. The second-order valence-electron chi connectivity index (χ2n) is 6.72. The van der Waals surface area contributed by atoms with Crippen LogP contribution >= 0.6 is 0 Å². The first-order valence-electron chi connectivity index (χ1n) is 9.64.